The molecule has 1 N–H and O–H groups in total. The summed E-state index contributed by atoms with van der Waals surface area (Å²) >= 11 is 4.07. The number of aldehydes is 1. The van der Waals surface area contributed by atoms with Crippen molar-refractivity contribution < 1.29 is 9.90 Å². The summed E-state index contributed by atoms with van der Waals surface area (Å²) in [6.45, 7) is 0. The maximum Gasteiger partial charge on any atom is 0.154 e. The first kappa shape index (κ1) is 10.9. The van der Waals surface area contributed by atoms with Crippen molar-refractivity contribution in [3.05, 3.63) is 35.4 Å². The Balaban J connectivity index is 2.96. The average molecular weight is 208 g/mol. The highest BCUT2D eigenvalue weighted by atomic mass is 32.1. The van der Waals surface area contributed by atoms with Crippen LogP contribution >= 0.6 is 12.6 Å². The Hall–Kier alpha value is -1.22. The van der Waals surface area contributed by atoms with Gasteiger partial charge in [-0.15, -0.1) is 0 Å². The fourth-order valence-electron chi connectivity index (χ4n) is 1.13. The van der Waals surface area contributed by atoms with Crippen molar-refractivity contribution in [2.24, 2.45) is 0 Å². The zero-order valence-electron chi connectivity index (χ0n) is 7.68. The van der Waals surface area contributed by atoms with Gasteiger partial charge in [0.2, 0.25) is 0 Å². The van der Waals surface area contributed by atoms with Gasteiger partial charge in [0.15, 0.2) is 6.29 Å². The fourth-order valence-corrected chi connectivity index (χ4v) is 1.28. The third-order valence-corrected chi connectivity index (χ3v) is 2.09. The lowest BCUT2D eigenvalue weighted by atomic mass is 10.1. The van der Waals surface area contributed by atoms with Crippen molar-refractivity contribution in [1.29, 1.82) is 0 Å². The zero-order chi connectivity index (χ0) is 10.4. The molecule has 0 atom stereocenters. The average Bonchev–Trinajstić information content (AvgIpc) is 2.18. The SMILES string of the molecule is O=Cc1c(O)cccc1C=CCCS. The second-order valence-electron chi connectivity index (χ2n) is 2.81. The van der Waals surface area contributed by atoms with Gasteiger partial charge in [-0.2, -0.15) is 12.6 Å². The molecule has 0 aliphatic carbocycles. The monoisotopic (exact) mass is 208 g/mol. The molecule has 0 aromatic heterocycles. The predicted octanol–water partition coefficient (Wildman–Crippen LogP) is 2.54. The van der Waals surface area contributed by atoms with Gasteiger partial charge in [-0.05, 0) is 23.8 Å². The molecule has 0 bridgehead atoms. The van der Waals surface area contributed by atoms with Crippen LogP contribution in [0.25, 0.3) is 6.08 Å². The number of benzene rings is 1. The van der Waals surface area contributed by atoms with Crippen LogP contribution in [0.15, 0.2) is 24.3 Å². The largest absolute Gasteiger partial charge is 0.507 e. The van der Waals surface area contributed by atoms with Gasteiger partial charge in [-0.3, -0.25) is 4.79 Å². The first-order valence-electron chi connectivity index (χ1n) is 4.34. The highest BCUT2D eigenvalue weighted by Crippen LogP contribution is 2.19. The second-order valence-corrected chi connectivity index (χ2v) is 3.26. The highest BCUT2D eigenvalue weighted by Gasteiger charge is 2.02. The van der Waals surface area contributed by atoms with Gasteiger partial charge in [0.25, 0.3) is 0 Å². The molecule has 0 radical (unpaired) electrons. The lowest BCUT2D eigenvalue weighted by Gasteiger charge is -2.00. The lowest BCUT2D eigenvalue weighted by molar-refractivity contribution is 0.112. The number of carbonyl (C=O) groups excluding carboxylic acids is 1. The molecule has 0 aliphatic heterocycles. The third-order valence-electron chi connectivity index (χ3n) is 1.83. The van der Waals surface area contributed by atoms with E-state index in [0.717, 1.165) is 17.7 Å². The zero-order valence-corrected chi connectivity index (χ0v) is 8.58. The lowest BCUT2D eigenvalue weighted by Crippen LogP contribution is -1.86. The Bertz CT molecular complexity index is 345. The van der Waals surface area contributed by atoms with Gasteiger partial charge in [-0.25, -0.2) is 0 Å². The first-order chi connectivity index (χ1) is 6.79. The predicted molar refractivity (Wildman–Crippen MR) is 61.0 cm³/mol. The number of rotatable bonds is 4. The molecular formula is C11H12O2S. The number of hydrogen-bond acceptors (Lipinski definition) is 3. The Morgan fingerprint density at radius 3 is 2.86 bits per heavy atom. The van der Waals surface area contributed by atoms with Crippen LogP contribution in [0.4, 0.5) is 0 Å². The minimum atomic E-state index is 0.0213. The van der Waals surface area contributed by atoms with Crippen LogP contribution in [-0.4, -0.2) is 17.1 Å². The fraction of sp³-hybridized carbons (Fsp3) is 0.182. The van der Waals surface area contributed by atoms with E-state index in [2.05, 4.69) is 12.6 Å². The van der Waals surface area contributed by atoms with Crippen LogP contribution < -0.4 is 0 Å². The molecule has 0 unspecified atom stereocenters. The van der Waals surface area contributed by atoms with Crippen molar-refractivity contribution in [3.63, 3.8) is 0 Å². The molecule has 1 aromatic rings. The van der Waals surface area contributed by atoms with Gasteiger partial charge in [0.05, 0.1) is 5.56 Å². The molecular weight excluding hydrogens is 196 g/mol. The Morgan fingerprint density at radius 1 is 1.43 bits per heavy atom. The Labute approximate surface area is 88.7 Å². The number of carbonyl (C=O) groups is 1. The number of allylic oxidation sites excluding steroid dienone is 1. The summed E-state index contributed by atoms with van der Waals surface area (Å²) in [6, 6.07) is 5.00. The summed E-state index contributed by atoms with van der Waals surface area (Å²) in [6.07, 6.45) is 5.25. The van der Waals surface area contributed by atoms with Crippen molar-refractivity contribution >= 4 is 25.0 Å². The number of hydrogen-bond donors (Lipinski definition) is 2. The molecule has 74 valence electrons. The molecule has 3 heteroatoms. The van der Waals surface area contributed by atoms with Gasteiger partial charge in [0, 0.05) is 0 Å². The van der Waals surface area contributed by atoms with E-state index in [1.807, 2.05) is 12.2 Å². The molecule has 0 fully saturated rings. The van der Waals surface area contributed by atoms with Gasteiger partial charge in [-0.1, -0.05) is 24.3 Å². The normalized spacial score (nSPS) is 10.6. The van der Waals surface area contributed by atoms with Crippen LogP contribution in [0.3, 0.4) is 0 Å². The van der Waals surface area contributed by atoms with Crippen molar-refractivity contribution in [3.8, 4) is 5.75 Å². The molecule has 0 heterocycles. The molecule has 2 nitrogen and oxygen atoms in total. The minimum absolute atomic E-state index is 0.0213. The Kier molecular flexibility index (Phi) is 4.26. The molecule has 14 heavy (non-hydrogen) atoms. The maximum atomic E-state index is 10.7. The summed E-state index contributed by atoms with van der Waals surface area (Å²) in [4.78, 5) is 10.7. The van der Waals surface area contributed by atoms with Gasteiger partial charge in [0.1, 0.15) is 5.75 Å². The Morgan fingerprint density at radius 2 is 2.21 bits per heavy atom. The van der Waals surface area contributed by atoms with E-state index in [9.17, 15) is 9.90 Å². The summed E-state index contributed by atoms with van der Waals surface area (Å²) in [5, 5.41) is 9.37. The van der Waals surface area contributed by atoms with Crippen molar-refractivity contribution in [1.82, 2.24) is 0 Å². The van der Waals surface area contributed by atoms with Gasteiger partial charge >= 0.3 is 0 Å². The smallest absolute Gasteiger partial charge is 0.154 e. The summed E-state index contributed by atoms with van der Waals surface area (Å²) in [5.74, 6) is 0.791. The molecule has 0 aliphatic rings. The van der Waals surface area contributed by atoms with Crippen LogP contribution in [-0.2, 0) is 0 Å². The summed E-state index contributed by atoms with van der Waals surface area (Å²) < 4.78 is 0. The van der Waals surface area contributed by atoms with E-state index in [0.29, 0.717) is 11.8 Å². The van der Waals surface area contributed by atoms with E-state index in [1.165, 1.54) is 6.07 Å². The molecule has 0 spiro atoms. The number of phenols is 1. The van der Waals surface area contributed by atoms with Crippen LogP contribution in [0, 0.1) is 0 Å². The molecule has 0 amide bonds. The van der Waals surface area contributed by atoms with E-state index in [1.54, 1.807) is 12.1 Å². The highest BCUT2D eigenvalue weighted by molar-refractivity contribution is 7.80. The first-order valence-corrected chi connectivity index (χ1v) is 4.97. The second kappa shape index (κ2) is 5.50. The number of aromatic hydroxyl groups is 1. The van der Waals surface area contributed by atoms with E-state index >= 15 is 0 Å². The standard InChI is InChI=1S/C11H12O2S/c12-8-10-9(4-1-2-7-14)5-3-6-11(10)13/h1,3-6,8,13-14H,2,7H2. The number of phenolic OH excluding ortho intramolecular Hbond substituents is 1. The molecule has 1 aromatic carbocycles. The number of thiol groups is 1. The van der Waals surface area contributed by atoms with Crippen molar-refractivity contribution in [2.75, 3.05) is 5.75 Å². The summed E-state index contributed by atoms with van der Waals surface area (Å²) in [5.41, 5.74) is 1.07. The van der Waals surface area contributed by atoms with Crippen molar-refractivity contribution in [2.45, 2.75) is 6.42 Å². The molecule has 0 saturated carbocycles. The molecule has 0 saturated heterocycles. The van der Waals surface area contributed by atoms with Crippen LogP contribution in [0.2, 0.25) is 0 Å². The maximum absolute atomic E-state index is 10.7. The van der Waals surface area contributed by atoms with E-state index in [-0.39, 0.29) is 5.75 Å². The quantitative estimate of drug-likeness (QED) is 0.589. The van der Waals surface area contributed by atoms with E-state index < -0.39 is 0 Å². The third kappa shape index (κ3) is 2.64. The minimum Gasteiger partial charge on any atom is -0.507 e. The van der Waals surface area contributed by atoms with Crippen LogP contribution in [0.5, 0.6) is 5.75 Å². The van der Waals surface area contributed by atoms with Crippen LogP contribution in [0.1, 0.15) is 22.3 Å². The topological polar surface area (TPSA) is 37.3 Å². The van der Waals surface area contributed by atoms with E-state index in [4.69, 9.17) is 0 Å². The molecule has 1 rings (SSSR count). The summed E-state index contributed by atoms with van der Waals surface area (Å²) in [7, 11) is 0. The van der Waals surface area contributed by atoms with Gasteiger partial charge < -0.3 is 5.11 Å².